The zero-order chi connectivity index (χ0) is 19.7. The van der Waals surface area contributed by atoms with Gasteiger partial charge in [-0.2, -0.15) is 0 Å². The van der Waals surface area contributed by atoms with Gasteiger partial charge in [0.1, 0.15) is 5.69 Å². The summed E-state index contributed by atoms with van der Waals surface area (Å²) < 4.78 is 8.23. The molecule has 0 spiro atoms. The zero-order valence-corrected chi connectivity index (χ0v) is 17.8. The fraction of sp³-hybridized carbons (Fsp3) is 0.318. The predicted molar refractivity (Wildman–Crippen MR) is 116 cm³/mol. The number of anilines is 1. The van der Waals surface area contributed by atoms with Crippen LogP contribution in [0.15, 0.2) is 53.0 Å². The molecular weight excluding hydrogens is 418 g/mol. The predicted octanol–water partition coefficient (Wildman–Crippen LogP) is 4.05. The van der Waals surface area contributed by atoms with Gasteiger partial charge in [-0.05, 0) is 39.7 Å². The van der Waals surface area contributed by atoms with Gasteiger partial charge < -0.3 is 19.1 Å². The molecular formula is C22H24BrN3O2. The standard InChI is InChI=1S/C22H24BrN3O2/c1-24(15-16-7-9-17(10-8-16)26-11-13-28-14-12-26)22(27)21-20(23)18-5-3-4-6-19(18)25(21)2/h3-10H,11-15H2,1-2H3. The van der Waals surface area contributed by atoms with Crippen molar-refractivity contribution in [1.29, 1.82) is 0 Å². The number of carbonyl (C=O) groups excluding carboxylic acids is 1. The van der Waals surface area contributed by atoms with E-state index in [9.17, 15) is 4.79 Å². The first-order chi connectivity index (χ1) is 13.6. The number of ether oxygens (including phenoxy) is 1. The summed E-state index contributed by atoms with van der Waals surface area (Å²) in [4.78, 5) is 17.2. The Labute approximate surface area is 173 Å². The molecule has 1 aliphatic rings. The third-order valence-electron chi connectivity index (χ3n) is 5.33. The number of halogens is 1. The van der Waals surface area contributed by atoms with E-state index in [4.69, 9.17) is 4.74 Å². The van der Waals surface area contributed by atoms with E-state index >= 15 is 0 Å². The lowest BCUT2D eigenvalue weighted by Gasteiger charge is -2.29. The number of rotatable bonds is 4. The number of para-hydroxylation sites is 1. The van der Waals surface area contributed by atoms with Crippen LogP contribution < -0.4 is 4.90 Å². The summed E-state index contributed by atoms with van der Waals surface area (Å²) in [6.45, 7) is 3.97. The minimum absolute atomic E-state index is 0.00262. The molecule has 5 nitrogen and oxygen atoms in total. The van der Waals surface area contributed by atoms with Gasteiger partial charge in [0.25, 0.3) is 5.91 Å². The Morgan fingerprint density at radius 3 is 2.46 bits per heavy atom. The van der Waals surface area contributed by atoms with Gasteiger partial charge in [0.15, 0.2) is 0 Å². The van der Waals surface area contributed by atoms with Crippen LogP contribution in [0, 0.1) is 0 Å². The Kier molecular flexibility index (Phi) is 5.42. The van der Waals surface area contributed by atoms with Crippen molar-refractivity contribution < 1.29 is 9.53 Å². The van der Waals surface area contributed by atoms with Crippen LogP contribution in [0.1, 0.15) is 16.1 Å². The van der Waals surface area contributed by atoms with E-state index < -0.39 is 0 Å². The number of hydrogen-bond acceptors (Lipinski definition) is 3. The second-order valence-electron chi connectivity index (χ2n) is 7.17. The quantitative estimate of drug-likeness (QED) is 0.612. The number of morpholine rings is 1. The van der Waals surface area contributed by atoms with E-state index in [0.717, 1.165) is 47.2 Å². The van der Waals surface area contributed by atoms with Gasteiger partial charge in [0.05, 0.1) is 17.7 Å². The van der Waals surface area contributed by atoms with Crippen molar-refractivity contribution in [3.63, 3.8) is 0 Å². The summed E-state index contributed by atoms with van der Waals surface area (Å²) in [7, 11) is 3.79. The number of benzene rings is 2. The average molecular weight is 442 g/mol. The molecule has 0 aliphatic carbocycles. The van der Waals surface area contributed by atoms with Crippen LogP contribution in [-0.2, 0) is 18.3 Å². The number of amides is 1. The molecule has 146 valence electrons. The summed E-state index contributed by atoms with van der Waals surface area (Å²) in [6.07, 6.45) is 0. The normalized spacial score (nSPS) is 14.5. The summed E-state index contributed by atoms with van der Waals surface area (Å²) in [6, 6.07) is 16.5. The van der Waals surface area contributed by atoms with Crippen molar-refractivity contribution in [3.05, 3.63) is 64.3 Å². The van der Waals surface area contributed by atoms with Gasteiger partial charge in [0, 0.05) is 50.3 Å². The molecule has 1 fully saturated rings. The number of carbonyl (C=O) groups is 1. The maximum absolute atomic E-state index is 13.1. The fourth-order valence-corrected chi connectivity index (χ4v) is 4.52. The zero-order valence-electron chi connectivity index (χ0n) is 16.2. The molecule has 0 saturated carbocycles. The van der Waals surface area contributed by atoms with Crippen molar-refractivity contribution in [2.45, 2.75) is 6.54 Å². The van der Waals surface area contributed by atoms with Gasteiger partial charge in [-0.15, -0.1) is 0 Å². The Hall–Kier alpha value is -2.31. The van der Waals surface area contributed by atoms with Gasteiger partial charge in [-0.1, -0.05) is 30.3 Å². The lowest BCUT2D eigenvalue weighted by Crippen LogP contribution is -2.36. The van der Waals surface area contributed by atoms with E-state index in [2.05, 4.69) is 45.1 Å². The number of fused-ring (bicyclic) bond motifs is 1. The van der Waals surface area contributed by atoms with Crippen LogP contribution in [0.3, 0.4) is 0 Å². The Balaban J connectivity index is 1.50. The molecule has 1 aliphatic heterocycles. The first-order valence-electron chi connectivity index (χ1n) is 9.46. The highest BCUT2D eigenvalue weighted by Gasteiger charge is 2.22. The molecule has 0 unspecified atom stereocenters. The van der Waals surface area contributed by atoms with Gasteiger partial charge in [-0.3, -0.25) is 4.79 Å². The number of hydrogen-bond donors (Lipinski definition) is 0. The van der Waals surface area contributed by atoms with Crippen LogP contribution in [0.2, 0.25) is 0 Å². The lowest BCUT2D eigenvalue weighted by molar-refractivity contribution is 0.0775. The van der Waals surface area contributed by atoms with Crippen molar-refractivity contribution >= 4 is 38.4 Å². The van der Waals surface area contributed by atoms with E-state index in [0.29, 0.717) is 12.2 Å². The smallest absolute Gasteiger partial charge is 0.271 e. The lowest BCUT2D eigenvalue weighted by atomic mass is 10.1. The molecule has 0 atom stereocenters. The third kappa shape index (κ3) is 3.54. The highest BCUT2D eigenvalue weighted by Crippen LogP contribution is 2.31. The molecule has 0 radical (unpaired) electrons. The van der Waals surface area contributed by atoms with Crippen molar-refractivity contribution in [2.24, 2.45) is 7.05 Å². The summed E-state index contributed by atoms with van der Waals surface area (Å²) in [5.41, 5.74) is 4.04. The topological polar surface area (TPSA) is 37.7 Å². The fourth-order valence-electron chi connectivity index (χ4n) is 3.74. The average Bonchev–Trinajstić information content (AvgIpc) is 2.99. The molecule has 1 amide bonds. The van der Waals surface area contributed by atoms with E-state index in [1.54, 1.807) is 4.90 Å². The molecule has 0 N–H and O–H groups in total. The monoisotopic (exact) mass is 441 g/mol. The SMILES string of the molecule is CN(Cc1ccc(N2CCOCC2)cc1)C(=O)c1c(Br)c2ccccc2n1C. The molecule has 6 heteroatoms. The molecule has 3 aromatic rings. The van der Waals surface area contributed by atoms with E-state index in [-0.39, 0.29) is 5.91 Å². The minimum Gasteiger partial charge on any atom is -0.378 e. The second-order valence-corrected chi connectivity index (χ2v) is 7.96. The van der Waals surface area contributed by atoms with Crippen LogP contribution in [0.4, 0.5) is 5.69 Å². The molecule has 28 heavy (non-hydrogen) atoms. The first kappa shape index (κ1) is 19.0. The minimum atomic E-state index is 0.00262. The summed E-state index contributed by atoms with van der Waals surface area (Å²) in [5, 5.41) is 1.05. The van der Waals surface area contributed by atoms with Gasteiger partial charge >= 0.3 is 0 Å². The number of aromatic nitrogens is 1. The largest absolute Gasteiger partial charge is 0.378 e. The maximum Gasteiger partial charge on any atom is 0.271 e. The maximum atomic E-state index is 13.1. The molecule has 2 heterocycles. The van der Waals surface area contributed by atoms with Crippen LogP contribution in [0.5, 0.6) is 0 Å². The molecule has 1 saturated heterocycles. The number of aryl methyl sites for hydroxylation is 1. The first-order valence-corrected chi connectivity index (χ1v) is 10.3. The van der Waals surface area contributed by atoms with Crippen LogP contribution in [0.25, 0.3) is 10.9 Å². The van der Waals surface area contributed by atoms with Crippen LogP contribution in [-0.4, -0.2) is 48.7 Å². The van der Waals surface area contributed by atoms with Gasteiger partial charge in [0.2, 0.25) is 0 Å². The van der Waals surface area contributed by atoms with E-state index in [1.165, 1.54) is 5.69 Å². The van der Waals surface area contributed by atoms with Crippen LogP contribution >= 0.6 is 15.9 Å². The highest BCUT2D eigenvalue weighted by molar-refractivity contribution is 9.10. The Morgan fingerprint density at radius 1 is 1.11 bits per heavy atom. The third-order valence-corrected chi connectivity index (χ3v) is 6.13. The molecule has 1 aromatic heterocycles. The van der Waals surface area contributed by atoms with Crippen molar-refractivity contribution in [2.75, 3.05) is 38.3 Å². The highest BCUT2D eigenvalue weighted by atomic mass is 79.9. The molecule has 4 rings (SSSR count). The van der Waals surface area contributed by atoms with Gasteiger partial charge in [-0.25, -0.2) is 0 Å². The Bertz CT molecular complexity index is 952. The van der Waals surface area contributed by atoms with Crippen molar-refractivity contribution in [1.82, 2.24) is 9.47 Å². The number of nitrogens with zero attached hydrogens (tertiary/aromatic N) is 3. The summed E-state index contributed by atoms with van der Waals surface area (Å²) in [5.74, 6) is 0.00262. The molecule has 2 aromatic carbocycles. The summed E-state index contributed by atoms with van der Waals surface area (Å²) >= 11 is 3.63. The Morgan fingerprint density at radius 2 is 1.79 bits per heavy atom. The van der Waals surface area contributed by atoms with Crippen molar-refractivity contribution in [3.8, 4) is 0 Å². The second kappa shape index (κ2) is 7.97. The van der Waals surface area contributed by atoms with E-state index in [1.807, 2.05) is 42.9 Å². The molecule has 0 bridgehead atoms.